The molecule has 1 rings (SSSR count). The highest BCUT2D eigenvalue weighted by Crippen LogP contribution is 2.08. The van der Waals surface area contributed by atoms with Crippen LogP contribution in [0.5, 0.6) is 0 Å². The molecule has 0 saturated carbocycles. The number of aryl methyl sites for hydroxylation is 1. The lowest BCUT2D eigenvalue weighted by atomic mass is 10.0. The molecular formula is C11H21N3O. The third kappa shape index (κ3) is 3.32. The van der Waals surface area contributed by atoms with Gasteiger partial charge in [0.05, 0.1) is 18.7 Å². The fourth-order valence-corrected chi connectivity index (χ4v) is 1.48. The van der Waals surface area contributed by atoms with Crippen molar-refractivity contribution >= 4 is 0 Å². The van der Waals surface area contributed by atoms with E-state index < -0.39 is 0 Å². The van der Waals surface area contributed by atoms with Crippen molar-refractivity contribution in [2.45, 2.75) is 39.3 Å². The lowest BCUT2D eigenvalue weighted by Crippen LogP contribution is -2.49. The first-order valence-corrected chi connectivity index (χ1v) is 5.45. The Morgan fingerprint density at radius 1 is 1.60 bits per heavy atom. The normalized spacial score (nSPS) is 15.2. The maximum atomic E-state index is 9.40. The molecule has 2 N–H and O–H groups in total. The number of aliphatic hydroxyl groups is 1. The topological polar surface area (TPSA) is 50.1 Å². The smallest absolute Gasteiger partial charge is 0.0628 e. The molecule has 0 aliphatic heterocycles. The molecule has 4 nitrogen and oxygen atoms in total. The van der Waals surface area contributed by atoms with Gasteiger partial charge in [-0.25, -0.2) is 0 Å². The van der Waals surface area contributed by atoms with Gasteiger partial charge >= 0.3 is 0 Å². The van der Waals surface area contributed by atoms with Crippen molar-refractivity contribution in [3.05, 3.63) is 18.0 Å². The Morgan fingerprint density at radius 3 is 2.80 bits per heavy atom. The first kappa shape index (κ1) is 12.2. The molecule has 0 fully saturated rings. The number of aliphatic hydroxyl groups excluding tert-OH is 1. The third-order valence-electron chi connectivity index (χ3n) is 2.58. The predicted octanol–water partition coefficient (Wildman–Crippen LogP) is 0.942. The quantitative estimate of drug-likeness (QED) is 0.736. The van der Waals surface area contributed by atoms with Crippen LogP contribution in [0.25, 0.3) is 0 Å². The number of hydrogen-bond donors (Lipinski definition) is 2. The number of rotatable bonds is 6. The Bertz CT molecular complexity index is 298. The summed E-state index contributed by atoms with van der Waals surface area (Å²) >= 11 is 0. The van der Waals surface area contributed by atoms with Gasteiger partial charge in [0.25, 0.3) is 0 Å². The van der Waals surface area contributed by atoms with E-state index in [1.165, 1.54) is 0 Å². The second kappa shape index (κ2) is 5.28. The molecule has 0 saturated heterocycles. The van der Waals surface area contributed by atoms with Crippen LogP contribution in [0.1, 0.15) is 26.0 Å². The summed E-state index contributed by atoms with van der Waals surface area (Å²) in [6.45, 7) is 7.88. The molecule has 1 unspecified atom stereocenters. The van der Waals surface area contributed by atoms with Crippen molar-refractivity contribution in [2.75, 3.05) is 13.2 Å². The fourth-order valence-electron chi connectivity index (χ4n) is 1.48. The third-order valence-corrected chi connectivity index (χ3v) is 2.58. The minimum Gasteiger partial charge on any atom is -0.394 e. The molecule has 0 aromatic carbocycles. The first-order valence-electron chi connectivity index (χ1n) is 5.45. The fraction of sp³-hybridized carbons (Fsp3) is 0.727. The van der Waals surface area contributed by atoms with E-state index in [9.17, 15) is 5.11 Å². The van der Waals surface area contributed by atoms with Crippen LogP contribution in [0.15, 0.2) is 12.3 Å². The minimum atomic E-state index is -0.285. The van der Waals surface area contributed by atoms with E-state index in [1.807, 2.05) is 24.6 Å². The molecule has 0 radical (unpaired) electrons. The Morgan fingerprint density at radius 2 is 2.33 bits per heavy atom. The number of nitrogens with one attached hydrogen (secondary N) is 1. The Hall–Kier alpha value is -0.870. The minimum absolute atomic E-state index is 0.117. The molecule has 0 aliphatic rings. The number of nitrogens with zero attached hydrogens (tertiary/aromatic N) is 2. The van der Waals surface area contributed by atoms with Gasteiger partial charge in [-0.3, -0.25) is 4.68 Å². The molecule has 1 aromatic rings. The van der Waals surface area contributed by atoms with Gasteiger partial charge in [0.1, 0.15) is 0 Å². The van der Waals surface area contributed by atoms with Crippen LogP contribution in [0.2, 0.25) is 0 Å². The summed E-state index contributed by atoms with van der Waals surface area (Å²) < 4.78 is 1.92. The predicted molar refractivity (Wildman–Crippen MR) is 60.7 cm³/mol. The van der Waals surface area contributed by atoms with Crippen LogP contribution >= 0.6 is 0 Å². The maximum absolute atomic E-state index is 9.40. The molecule has 1 heterocycles. The van der Waals surface area contributed by atoms with Crippen LogP contribution in [0.4, 0.5) is 0 Å². The van der Waals surface area contributed by atoms with E-state index in [2.05, 4.69) is 17.3 Å². The van der Waals surface area contributed by atoms with Gasteiger partial charge < -0.3 is 10.4 Å². The molecule has 0 amide bonds. The second-order valence-electron chi connectivity index (χ2n) is 4.28. The Labute approximate surface area is 91.3 Å². The molecule has 1 atom stereocenters. The Balaban J connectivity index is 2.63. The molecule has 0 bridgehead atoms. The van der Waals surface area contributed by atoms with E-state index in [1.54, 1.807) is 6.20 Å². The molecule has 0 aliphatic carbocycles. The summed E-state index contributed by atoms with van der Waals surface area (Å²) in [5.41, 5.74) is 0.834. The summed E-state index contributed by atoms with van der Waals surface area (Å²) in [5.74, 6) is 0. The standard InChI is InChI=1S/C11H21N3O/c1-4-6-12-11(3,9-15)8-14-10(2)5-7-13-14/h5,7,12,15H,4,6,8-9H2,1-3H3. The van der Waals surface area contributed by atoms with E-state index in [-0.39, 0.29) is 12.1 Å². The van der Waals surface area contributed by atoms with Gasteiger partial charge in [0.15, 0.2) is 0 Å². The summed E-state index contributed by atoms with van der Waals surface area (Å²) in [6, 6.07) is 1.97. The monoisotopic (exact) mass is 211 g/mol. The van der Waals surface area contributed by atoms with Gasteiger partial charge in [-0.05, 0) is 32.9 Å². The van der Waals surface area contributed by atoms with E-state index in [4.69, 9.17) is 0 Å². The van der Waals surface area contributed by atoms with Gasteiger partial charge in [-0.2, -0.15) is 5.10 Å². The zero-order chi connectivity index (χ0) is 11.3. The average molecular weight is 211 g/mol. The van der Waals surface area contributed by atoms with Gasteiger partial charge in [-0.15, -0.1) is 0 Å². The summed E-state index contributed by atoms with van der Waals surface area (Å²) in [4.78, 5) is 0. The summed E-state index contributed by atoms with van der Waals surface area (Å²) in [5, 5.41) is 17.0. The van der Waals surface area contributed by atoms with Crippen molar-refractivity contribution in [3.63, 3.8) is 0 Å². The van der Waals surface area contributed by atoms with E-state index in [0.29, 0.717) is 6.54 Å². The van der Waals surface area contributed by atoms with Crippen LogP contribution in [0.3, 0.4) is 0 Å². The molecule has 1 aromatic heterocycles. The average Bonchev–Trinajstić information content (AvgIpc) is 2.61. The maximum Gasteiger partial charge on any atom is 0.0628 e. The van der Waals surface area contributed by atoms with Crippen molar-refractivity contribution in [3.8, 4) is 0 Å². The number of aromatic nitrogens is 2. The molecular weight excluding hydrogens is 190 g/mol. The van der Waals surface area contributed by atoms with Gasteiger partial charge in [0.2, 0.25) is 0 Å². The van der Waals surface area contributed by atoms with Crippen LogP contribution < -0.4 is 5.32 Å². The molecule has 4 heteroatoms. The lowest BCUT2D eigenvalue weighted by Gasteiger charge is -2.29. The van der Waals surface area contributed by atoms with Crippen molar-refractivity contribution in [1.82, 2.24) is 15.1 Å². The second-order valence-corrected chi connectivity index (χ2v) is 4.28. The molecule has 86 valence electrons. The highest BCUT2D eigenvalue weighted by Gasteiger charge is 2.23. The van der Waals surface area contributed by atoms with E-state index >= 15 is 0 Å². The van der Waals surface area contributed by atoms with Crippen molar-refractivity contribution < 1.29 is 5.11 Å². The van der Waals surface area contributed by atoms with Crippen LogP contribution in [0, 0.1) is 6.92 Å². The van der Waals surface area contributed by atoms with Crippen molar-refractivity contribution in [2.24, 2.45) is 0 Å². The largest absolute Gasteiger partial charge is 0.394 e. The van der Waals surface area contributed by atoms with E-state index in [0.717, 1.165) is 18.7 Å². The highest BCUT2D eigenvalue weighted by molar-refractivity contribution is 4.98. The molecule has 15 heavy (non-hydrogen) atoms. The lowest BCUT2D eigenvalue weighted by molar-refractivity contribution is 0.153. The zero-order valence-electron chi connectivity index (χ0n) is 9.82. The molecule has 0 spiro atoms. The zero-order valence-corrected chi connectivity index (χ0v) is 9.82. The van der Waals surface area contributed by atoms with Crippen molar-refractivity contribution in [1.29, 1.82) is 0 Å². The summed E-state index contributed by atoms with van der Waals surface area (Å²) in [6.07, 6.45) is 2.85. The van der Waals surface area contributed by atoms with Crippen LogP contribution in [-0.2, 0) is 6.54 Å². The van der Waals surface area contributed by atoms with Gasteiger partial charge in [-0.1, -0.05) is 6.92 Å². The Kier molecular flexibility index (Phi) is 4.29. The first-order chi connectivity index (χ1) is 7.11. The van der Waals surface area contributed by atoms with Gasteiger partial charge in [0, 0.05) is 11.9 Å². The number of hydrogen-bond acceptors (Lipinski definition) is 3. The SMILES string of the molecule is CCCNC(C)(CO)Cn1nccc1C. The highest BCUT2D eigenvalue weighted by atomic mass is 16.3. The summed E-state index contributed by atoms with van der Waals surface area (Å²) in [7, 11) is 0. The van der Waals surface area contributed by atoms with Crippen LogP contribution in [-0.4, -0.2) is 33.6 Å².